The first-order valence-electron chi connectivity index (χ1n) is 9.93. The van der Waals surface area contributed by atoms with Crippen molar-refractivity contribution >= 4 is 17.7 Å². The first-order valence-corrected chi connectivity index (χ1v) is 11.2. The van der Waals surface area contributed by atoms with Crippen LogP contribution in [-0.4, -0.2) is 68.3 Å². The fourth-order valence-corrected chi connectivity index (χ4v) is 3.35. The highest BCUT2D eigenvalue weighted by atomic mass is 32.2. The van der Waals surface area contributed by atoms with Crippen LogP contribution >= 0.6 is 11.8 Å². The van der Waals surface area contributed by atoms with Crippen LogP contribution in [0.1, 0.15) is 32.8 Å². The van der Waals surface area contributed by atoms with Gasteiger partial charge in [-0.3, -0.25) is 9.89 Å². The Balaban J connectivity index is 1.94. The second-order valence-electron chi connectivity index (χ2n) is 7.74. The van der Waals surface area contributed by atoms with E-state index in [-0.39, 0.29) is 4.75 Å². The van der Waals surface area contributed by atoms with E-state index in [1.54, 1.807) is 14.2 Å². The van der Waals surface area contributed by atoms with Crippen LogP contribution in [0.3, 0.4) is 0 Å². The molecule has 2 N–H and O–H groups in total. The van der Waals surface area contributed by atoms with Gasteiger partial charge in [-0.05, 0) is 51.1 Å². The van der Waals surface area contributed by atoms with Crippen LogP contribution in [0.4, 0.5) is 0 Å². The molecule has 7 heteroatoms. The van der Waals surface area contributed by atoms with Gasteiger partial charge in [0.15, 0.2) is 5.96 Å². The molecule has 0 bridgehead atoms. The minimum Gasteiger partial charge on any atom is -0.497 e. The van der Waals surface area contributed by atoms with E-state index < -0.39 is 0 Å². The van der Waals surface area contributed by atoms with Crippen LogP contribution in [-0.2, 0) is 6.54 Å². The molecule has 1 aliphatic rings. The summed E-state index contributed by atoms with van der Waals surface area (Å²) in [5.41, 5.74) is 1.21. The number of nitrogens with one attached hydrogen (secondary N) is 2. The first kappa shape index (κ1) is 22.7. The molecule has 0 aliphatic carbocycles. The van der Waals surface area contributed by atoms with Gasteiger partial charge in [-0.1, -0.05) is 0 Å². The quantitative estimate of drug-likeness (QED) is 0.484. The molecule has 6 nitrogen and oxygen atoms in total. The Morgan fingerprint density at radius 3 is 2.50 bits per heavy atom. The number of nitrogens with zero attached hydrogens (tertiary/aromatic N) is 2. The molecular weight excluding hydrogens is 372 g/mol. The van der Waals surface area contributed by atoms with Crippen LogP contribution in [0.2, 0.25) is 0 Å². The predicted molar refractivity (Wildman–Crippen MR) is 120 cm³/mol. The molecule has 2 rings (SSSR count). The minimum absolute atomic E-state index is 0.148. The number of ether oxygens (including phenoxy) is 2. The number of guanidine groups is 1. The Kier molecular flexibility index (Phi) is 8.76. The molecule has 1 fully saturated rings. The van der Waals surface area contributed by atoms with E-state index >= 15 is 0 Å². The van der Waals surface area contributed by atoms with Crippen molar-refractivity contribution < 1.29 is 9.47 Å². The molecule has 1 aliphatic heterocycles. The Hall–Kier alpha value is -1.60. The van der Waals surface area contributed by atoms with Gasteiger partial charge in [0.25, 0.3) is 0 Å². The van der Waals surface area contributed by atoms with E-state index in [9.17, 15) is 0 Å². The Bertz CT molecular complexity index is 629. The van der Waals surface area contributed by atoms with Crippen molar-refractivity contribution in [1.82, 2.24) is 15.5 Å². The molecule has 28 heavy (non-hydrogen) atoms. The second kappa shape index (κ2) is 10.8. The van der Waals surface area contributed by atoms with Gasteiger partial charge >= 0.3 is 0 Å². The van der Waals surface area contributed by atoms with Gasteiger partial charge in [-0.25, -0.2) is 0 Å². The second-order valence-corrected chi connectivity index (χ2v) is 9.26. The van der Waals surface area contributed by atoms with Gasteiger partial charge < -0.3 is 20.1 Å². The average molecular weight is 409 g/mol. The van der Waals surface area contributed by atoms with Gasteiger partial charge in [0, 0.05) is 43.0 Å². The molecule has 0 amide bonds. The van der Waals surface area contributed by atoms with Crippen LogP contribution < -0.4 is 20.1 Å². The summed E-state index contributed by atoms with van der Waals surface area (Å²) in [6.45, 7) is 11.2. The lowest BCUT2D eigenvalue weighted by Crippen LogP contribution is -2.45. The van der Waals surface area contributed by atoms with Crippen molar-refractivity contribution in [1.29, 1.82) is 0 Å². The summed E-state index contributed by atoms with van der Waals surface area (Å²) < 4.78 is 10.9. The van der Waals surface area contributed by atoms with Crippen molar-refractivity contribution in [3.63, 3.8) is 0 Å². The number of rotatable bonds is 9. The summed E-state index contributed by atoms with van der Waals surface area (Å²) in [6.07, 6.45) is 3.25. The zero-order valence-corrected chi connectivity index (χ0v) is 19.0. The third kappa shape index (κ3) is 7.09. The highest BCUT2D eigenvalue weighted by molar-refractivity contribution is 7.99. The normalized spacial score (nSPS) is 18.2. The lowest BCUT2D eigenvalue weighted by Gasteiger charge is -2.22. The molecule has 1 aromatic carbocycles. The number of thioether (sulfide) groups is 1. The Morgan fingerprint density at radius 2 is 1.93 bits per heavy atom. The van der Waals surface area contributed by atoms with Crippen molar-refractivity contribution in [2.45, 2.75) is 44.5 Å². The fraction of sp³-hybridized carbons (Fsp3) is 0.667. The molecule has 1 atom stereocenters. The van der Waals surface area contributed by atoms with Crippen molar-refractivity contribution in [2.24, 2.45) is 4.99 Å². The third-order valence-electron chi connectivity index (χ3n) is 4.95. The van der Waals surface area contributed by atoms with Crippen LogP contribution in [0, 0.1) is 0 Å². The van der Waals surface area contributed by atoms with E-state index in [1.165, 1.54) is 5.56 Å². The molecule has 1 saturated heterocycles. The summed E-state index contributed by atoms with van der Waals surface area (Å²) >= 11 is 1.85. The summed E-state index contributed by atoms with van der Waals surface area (Å²) in [5, 5.41) is 6.99. The predicted octanol–water partition coefficient (Wildman–Crippen LogP) is 2.97. The first-order chi connectivity index (χ1) is 13.4. The molecular formula is C21H36N4O2S. The van der Waals surface area contributed by atoms with Crippen LogP contribution in [0.15, 0.2) is 23.2 Å². The zero-order chi connectivity index (χ0) is 20.6. The fourth-order valence-electron chi connectivity index (χ4n) is 3.16. The van der Waals surface area contributed by atoms with Gasteiger partial charge in [0.05, 0.1) is 20.8 Å². The van der Waals surface area contributed by atoms with E-state index in [2.05, 4.69) is 54.7 Å². The SMILES string of the molecule is CCNC(=NCC(C)(C)SC)NC1CCN(Cc2cc(OC)cc(OC)c2)C1. The van der Waals surface area contributed by atoms with Gasteiger partial charge in [-0.2, -0.15) is 11.8 Å². The number of likely N-dealkylation sites (tertiary alicyclic amines) is 1. The number of aliphatic imine (C=N–C) groups is 1. The molecule has 158 valence electrons. The minimum atomic E-state index is 0.148. The number of benzene rings is 1. The average Bonchev–Trinajstić information content (AvgIpc) is 3.12. The Morgan fingerprint density at radius 1 is 1.25 bits per heavy atom. The van der Waals surface area contributed by atoms with E-state index in [4.69, 9.17) is 14.5 Å². The molecule has 0 aromatic heterocycles. The summed E-state index contributed by atoms with van der Waals surface area (Å²) in [6, 6.07) is 6.48. The monoisotopic (exact) mass is 408 g/mol. The van der Waals surface area contributed by atoms with E-state index in [1.807, 2.05) is 17.8 Å². The highest BCUT2D eigenvalue weighted by Crippen LogP contribution is 2.24. The Labute approximate surface area is 174 Å². The molecule has 0 radical (unpaired) electrons. The number of methoxy groups -OCH3 is 2. The molecule has 1 heterocycles. The van der Waals surface area contributed by atoms with Crippen molar-refractivity contribution in [2.75, 3.05) is 46.7 Å². The smallest absolute Gasteiger partial charge is 0.191 e. The van der Waals surface area contributed by atoms with Crippen LogP contribution in [0.5, 0.6) is 11.5 Å². The summed E-state index contributed by atoms with van der Waals surface area (Å²) in [4.78, 5) is 7.26. The topological polar surface area (TPSA) is 58.1 Å². The third-order valence-corrected chi connectivity index (χ3v) is 6.18. The molecule has 0 spiro atoms. The number of hydrogen-bond acceptors (Lipinski definition) is 5. The summed E-state index contributed by atoms with van der Waals surface area (Å²) in [7, 11) is 3.38. The number of hydrogen-bond donors (Lipinski definition) is 2. The van der Waals surface area contributed by atoms with E-state index in [0.717, 1.165) is 56.6 Å². The molecule has 0 saturated carbocycles. The maximum Gasteiger partial charge on any atom is 0.191 e. The maximum absolute atomic E-state index is 5.39. The van der Waals surface area contributed by atoms with Crippen molar-refractivity contribution in [3.8, 4) is 11.5 Å². The van der Waals surface area contributed by atoms with Gasteiger partial charge in [-0.15, -0.1) is 0 Å². The highest BCUT2D eigenvalue weighted by Gasteiger charge is 2.24. The van der Waals surface area contributed by atoms with Crippen LogP contribution in [0.25, 0.3) is 0 Å². The van der Waals surface area contributed by atoms with Crippen molar-refractivity contribution in [3.05, 3.63) is 23.8 Å². The summed E-state index contributed by atoms with van der Waals surface area (Å²) in [5.74, 6) is 2.59. The lowest BCUT2D eigenvalue weighted by molar-refractivity contribution is 0.321. The molecule has 1 unspecified atom stereocenters. The lowest BCUT2D eigenvalue weighted by atomic mass is 10.2. The maximum atomic E-state index is 5.39. The van der Waals surface area contributed by atoms with Gasteiger partial charge in [0.1, 0.15) is 11.5 Å². The van der Waals surface area contributed by atoms with Gasteiger partial charge in [0.2, 0.25) is 0 Å². The zero-order valence-electron chi connectivity index (χ0n) is 18.2. The largest absolute Gasteiger partial charge is 0.497 e. The molecule has 1 aromatic rings. The standard InChI is InChI=1S/C21H36N4O2S/c1-7-22-20(23-15-21(2,3)28-6)24-17-8-9-25(14-17)13-16-10-18(26-4)12-19(11-16)27-5/h10-12,17H,7-9,13-15H2,1-6H3,(H2,22,23,24). The van der Waals surface area contributed by atoms with E-state index in [0.29, 0.717) is 6.04 Å².